The second-order valence-corrected chi connectivity index (χ2v) is 8.95. The van der Waals surface area contributed by atoms with Crippen LogP contribution < -0.4 is 4.74 Å². The number of sulfone groups is 1. The molecule has 0 heterocycles. The van der Waals surface area contributed by atoms with Gasteiger partial charge in [0.05, 0.1) is 20.3 Å². The van der Waals surface area contributed by atoms with Crippen LogP contribution in [0.25, 0.3) is 11.1 Å². The molecule has 0 N–H and O–H groups in total. The van der Waals surface area contributed by atoms with Crippen molar-refractivity contribution in [3.8, 4) is 16.9 Å². The third-order valence-electron chi connectivity index (χ3n) is 4.93. The van der Waals surface area contributed by atoms with Crippen LogP contribution in [-0.2, 0) is 9.84 Å². The van der Waals surface area contributed by atoms with Gasteiger partial charge in [-0.3, -0.25) is 10.1 Å². The number of non-ortho nitro benzene ring substituents is 1. The van der Waals surface area contributed by atoms with Gasteiger partial charge >= 0.3 is 5.97 Å². The normalized spacial score (nSPS) is 11.0. The van der Waals surface area contributed by atoms with Crippen LogP contribution in [0.15, 0.2) is 113 Å². The lowest BCUT2D eigenvalue weighted by atomic mass is 10.1. The minimum atomic E-state index is -4.12. The molecule has 0 fully saturated rings. The average molecular weight is 459 g/mol. The Bertz CT molecular complexity index is 1410. The van der Waals surface area contributed by atoms with E-state index in [2.05, 4.69) is 0 Å². The van der Waals surface area contributed by atoms with Gasteiger partial charge < -0.3 is 4.74 Å². The first kappa shape index (κ1) is 21.9. The molecule has 164 valence electrons. The molecule has 0 aliphatic carbocycles. The minimum Gasteiger partial charge on any atom is -0.423 e. The first-order chi connectivity index (χ1) is 15.9. The molecule has 0 saturated carbocycles. The van der Waals surface area contributed by atoms with Gasteiger partial charge in [-0.1, -0.05) is 54.6 Å². The van der Waals surface area contributed by atoms with Gasteiger partial charge in [0.1, 0.15) is 5.75 Å². The van der Waals surface area contributed by atoms with Crippen molar-refractivity contribution in [3.05, 3.63) is 119 Å². The van der Waals surface area contributed by atoms with Gasteiger partial charge in [0.25, 0.3) is 5.69 Å². The van der Waals surface area contributed by atoms with Crippen molar-refractivity contribution in [3.63, 3.8) is 0 Å². The second kappa shape index (κ2) is 9.05. The van der Waals surface area contributed by atoms with Crippen LogP contribution in [0.2, 0.25) is 0 Å². The third-order valence-corrected chi connectivity index (χ3v) is 6.75. The minimum absolute atomic E-state index is 0.136. The Labute approximate surface area is 190 Å². The van der Waals surface area contributed by atoms with Crippen molar-refractivity contribution in [1.82, 2.24) is 0 Å². The maximum Gasteiger partial charge on any atom is 0.344 e. The number of benzene rings is 4. The third kappa shape index (κ3) is 4.65. The molecule has 4 rings (SSSR count). The first-order valence-electron chi connectivity index (χ1n) is 9.82. The number of hydrogen-bond donors (Lipinski definition) is 0. The summed E-state index contributed by atoms with van der Waals surface area (Å²) in [6, 6.07) is 26.7. The number of ether oxygens (including phenoxy) is 1. The van der Waals surface area contributed by atoms with E-state index in [0.717, 1.165) is 35.4 Å². The molecular formula is C25H17NO6S. The lowest BCUT2D eigenvalue weighted by Crippen LogP contribution is -2.14. The van der Waals surface area contributed by atoms with E-state index in [1.807, 2.05) is 30.3 Å². The van der Waals surface area contributed by atoms with Crippen LogP contribution in [0.3, 0.4) is 0 Å². The van der Waals surface area contributed by atoms with Gasteiger partial charge in [-0.05, 0) is 47.5 Å². The van der Waals surface area contributed by atoms with Crippen molar-refractivity contribution >= 4 is 21.5 Å². The van der Waals surface area contributed by atoms with Crippen molar-refractivity contribution in [2.24, 2.45) is 0 Å². The highest BCUT2D eigenvalue weighted by molar-refractivity contribution is 7.91. The number of carbonyl (C=O) groups is 1. The number of nitrogens with zero attached hydrogens (tertiary/aromatic N) is 1. The molecular weight excluding hydrogens is 442 g/mol. The molecule has 0 radical (unpaired) electrons. The molecule has 0 atom stereocenters. The zero-order valence-electron chi connectivity index (χ0n) is 17.1. The predicted molar refractivity (Wildman–Crippen MR) is 122 cm³/mol. The number of nitro groups is 1. The molecule has 33 heavy (non-hydrogen) atoms. The number of rotatable bonds is 6. The fourth-order valence-corrected chi connectivity index (χ4v) is 4.70. The lowest BCUT2D eigenvalue weighted by Gasteiger charge is -2.11. The molecule has 0 unspecified atom stereocenters. The maximum absolute atomic E-state index is 13.1. The fourth-order valence-electron chi connectivity index (χ4n) is 3.25. The highest BCUT2D eigenvalue weighted by Gasteiger charge is 2.26. The Morgan fingerprint density at radius 1 is 0.727 bits per heavy atom. The molecule has 0 saturated heterocycles. The first-order valence-corrected chi connectivity index (χ1v) is 11.3. The van der Waals surface area contributed by atoms with E-state index in [0.29, 0.717) is 0 Å². The number of esters is 1. The summed E-state index contributed by atoms with van der Waals surface area (Å²) < 4.78 is 31.7. The van der Waals surface area contributed by atoms with Crippen LogP contribution in [0, 0.1) is 10.1 Å². The second-order valence-electron chi connectivity index (χ2n) is 7.03. The van der Waals surface area contributed by atoms with E-state index < -0.39 is 20.7 Å². The number of carbonyl (C=O) groups excluding carboxylic acids is 1. The molecule has 0 bridgehead atoms. The molecule has 0 aromatic heterocycles. The van der Waals surface area contributed by atoms with Gasteiger partial charge in [-0.25, -0.2) is 13.2 Å². The topological polar surface area (TPSA) is 104 Å². The van der Waals surface area contributed by atoms with Gasteiger partial charge in [-0.2, -0.15) is 0 Å². The van der Waals surface area contributed by atoms with Crippen molar-refractivity contribution in [2.75, 3.05) is 0 Å². The fraction of sp³-hybridized carbons (Fsp3) is 0. The largest absolute Gasteiger partial charge is 0.423 e. The van der Waals surface area contributed by atoms with Crippen LogP contribution in [-0.4, -0.2) is 19.3 Å². The van der Waals surface area contributed by atoms with Gasteiger partial charge in [0.2, 0.25) is 9.84 Å². The smallest absolute Gasteiger partial charge is 0.344 e. The number of hydrogen-bond acceptors (Lipinski definition) is 6. The monoisotopic (exact) mass is 459 g/mol. The molecule has 4 aromatic carbocycles. The van der Waals surface area contributed by atoms with E-state index in [1.165, 1.54) is 24.3 Å². The molecule has 8 heteroatoms. The highest BCUT2D eigenvalue weighted by atomic mass is 32.2. The van der Waals surface area contributed by atoms with E-state index in [-0.39, 0.29) is 26.8 Å². The van der Waals surface area contributed by atoms with Crippen molar-refractivity contribution in [1.29, 1.82) is 0 Å². The van der Waals surface area contributed by atoms with E-state index in [4.69, 9.17) is 4.74 Å². The van der Waals surface area contributed by atoms with Crippen molar-refractivity contribution in [2.45, 2.75) is 9.79 Å². The summed E-state index contributed by atoms with van der Waals surface area (Å²) in [5.41, 5.74) is 1.58. The van der Waals surface area contributed by atoms with Gasteiger partial charge in [0, 0.05) is 12.1 Å². The number of nitro benzene ring substituents is 1. The Kier molecular flexibility index (Phi) is 6.01. The summed E-state index contributed by atoms with van der Waals surface area (Å²) >= 11 is 0. The van der Waals surface area contributed by atoms with E-state index >= 15 is 0 Å². The standard InChI is InChI=1S/C25H17NO6S/c27-25(32-21-14-10-19(11-15-21)18-6-2-1-3-7-18)23-8-4-5-9-24(23)33(30,31)22-16-12-20(13-17-22)26(28)29/h1-17H. The van der Waals surface area contributed by atoms with Gasteiger partial charge in [-0.15, -0.1) is 0 Å². The Hall–Kier alpha value is -4.30. The average Bonchev–Trinajstić information content (AvgIpc) is 2.85. The molecule has 0 aliphatic rings. The summed E-state index contributed by atoms with van der Waals surface area (Å²) in [5, 5.41) is 10.8. The Balaban J connectivity index is 1.60. The van der Waals surface area contributed by atoms with E-state index in [1.54, 1.807) is 24.3 Å². The molecule has 0 spiro atoms. The van der Waals surface area contributed by atoms with Crippen LogP contribution in [0.5, 0.6) is 5.75 Å². The van der Waals surface area contributed by atoms with Gasteiger partial charge in [0.15, 0.2) is 0 Å². The highest BCUT2D eigenvalue weighted by Crippen LogP contribution is 2.27. The molecule has 0 amide bonds. The SMILES string of the molecule is O=C(Oc1ccc(-c2ccccc2)cc1)c1ccccc1S(=O)(=O)c1ccc([N+](=O)[O-])cc1. The van der Waals surface area contributed by atoms with Crippen molar-refractivity contribution < 1.29 is 22.9 Å². The molecule has 7 nitrogen and oxygen atoms in total. The summed E-state index contributed by atoms with van der Waals surface area (Å²) in [5.74, 6) is -0.564. The lowest BCUT2D eigenvalue weighted by molar-refractivity contribution is -0.384. The zero-order valence-corrected chi connectivity index (χ0v) is 17.9. The summed E-state index contributed by atoms with van der Waals surface area (Å²) in [6.45, 7) is 0. The molecule has 4 aromatic rings. The van der Waals surface area contributed by atoms with Crippen LogP contribution in [0.4, 0.5) is 5.69 Å². The summed E-state index contributed by atoms with van der Waals surface area (Å²) in [6.07, 6.45) is 0. The quantitative estimate of drug-likeness (QED) is 0.167. The summed E-state index contributed by atoms with van der Waals surface area (Å²) in [7, 11) is -4.12. The Morgan fingerprint density at radius 3 is 1.94 bits per heavy atom. The maximum atomic E-state index is 13.1. The zero-order chi connectivity index (χ0) is 23.4. The summed E-state index contributed by atoms with van der Waals surface area (Å²) in [4.78, 5) is 22.6. The van der Waals surface area contributed by atoms with Crippen LogP contribution >= 0.6 is 0 Å². The molecule has 0 aliphatic heterocycles. The Morgan fingerprint density at radius 2 is 1.30 bits per heavy atom. The van der Waals surface area contributed by atoms with Crippen LogP contribution in [0.1, 0.15) is 10.4 Å². The predicted octanol–water partition coefficient (Wildman–Crippen LogP) is 5.31. The van der Waals surface area contributed by atoms with E-state index in [9.17, 15) is 23.3 Å².